The zero-order chi connectivity index (χ0) is 12.5. The topological polar surface area (TPSA) is 38.3 Å². The molecule has 4 heteroatoms. The van der Waals surface area contributed by atoms with E-state index in [0.29, 0.717) is 11.5 Å². The monoisotopic (exact) mass is 255 g/mol. The number of thiophene rings is 1. The summed E-state index contributed by atoms with van der Waals surface area (Å²) in [4.78, 5) is 12.3. The van der Waals surface area contributed by atoms with Crippen molar-refractivity contribution in [1.82, 2.24) is 5.32 Å². The zero-order valence-electron chi connectivity index (χ0n) is 10.6. The maximum atomic E-state index is 11.6. The lowest BCUT2D eigenvalue weighted by Crippen LogP contribution is -2.34. The number of unbranched alkanes of at least 4 members (excludes halogenated alkanes) is 1. The van der Waals surface area contributed by atoms with Gasteiger partial charge in [-0.1, -0.05) is 26.3 Å². The molecule has 0 saturated carbocycles. The molecule has 1 heterocycles. The smallest absolute Gasteiger partial charge is 0.348 e. The van der Waals surface area contributed by atoms with Gasteiger partial charge in [-0.05, 0) is 30.8 Å². The molecule has 0 radical (unpaired) electrons. The minimum atomic E-state index is -0.212. The first-order valence-corrected chi connectivity index (χ1v) is 7.09. The molecule has 0 bridgehead atoms. The molecule has 1 aromatic heterocycles. The summed E-state index contributed by atoms with van der Waals surface area (Å²) in [6, 6.07) is 3.92. The molecule has 1 rings (SSSR count). The Hall–Kier alpha value is -0.870. The van der Waals surface area contributed by atoms with Gasteiger partial charge in [0.2, 0.25) is 0 Å². The highest BCUT2D eigenvalue weighted by Crippen LogP contribution is 2.10. The van der Waals surface area contributed by atoms with Crippen LogP contribution in [0.1, 0.15) is 42.8 Å². The van der Waals surface area contributed by atoms with Gasteiger partial charge in [0.1, 0.15) is 11.5 Å². The summed E-state index contributed by atoms with van der Waals surface area (Å²) < 4.78 is 5.28. The van der Waals surface area contributed by atoms with Gasteiger partial charge in [0.25, 0.3) is 0 Å². The summed E-state index contributed by atoms with van der Waals surface area (Å²) in [6.45, 7) is 5.71. The Morgan fingerprint density at radius 1 is 1.53 bits per heavy atom. The van der Waals surface area contributed by atoms with Crippen LogP contribution in [0.5, 0.6) is 0 Å². The maximum absolute atomic E-state index is 11.6. The van der Waals surface area contributed by atoms with Gasteiger partial charge in [0.15, 0.2) is 0 Å². The summed E-state index contributed by atoms with van der Waals surface area (Å²) in [5, 5.41) is 5.28. The van der Waals surface area contributed by atoms with Crippen LogP contribution in [-0.4, -0.2) is 25.2 Å². The highest BCUT2D eigenvalue weighted by atomic mass is 32.1. The predicted molar refractivity (Wildman–Crippen MR) is 71.6 cm³/mol. The van der Waals surface area contributed by atoms with E-state index in [2.05, 4.69) is 19.2 Å². The van der Waals surface area contributed by atoms with Crippen molar-refractivity contribution in [2.45, 2.75) is 39.2 Å². The van der Waals surface area contributed by atoms with Crippen LogP contribution in [0.25, 0.3) is 0 Å². The second-order valence-electron chi connectivity index (χ2n) is 3.99. The first-order valence-electron chi connectivity index (χ1n) is 6.22. The van der Waals surface area contributed by atoms with Gasteiger partial charge < -0.3 is 10.1 Å². The van der Waals surface area contributed by atoms with Crippen LogP contribution in [0.4, 0.5) is 0 Å². The van der Waals surface area contributed by atoms with E-state index >= 15 is 0 Å². The molecule has 1 N–H and O–H groups in total. The Morgan fingerprint density at radius 2 is 2.35 bits per heavy atom. The fourth-order valence-corrected chi connectivity index (χ4v) is 2.06. The van der Waals surface area contributed by atoms with Crippen molar-refractivity contribution >= 4 is 17.3 Å². The Morgan fingerprint density at radius 3 is 2.94 bits per heavy atom. The average Bonchev–Trinajstić information content (AvgIpc) is 2.87. The van der Waals surface area contributed by atoms with E-state index in [1.165, 1.54) is 17.8 Å². The quantitative estimate of drug-likeness (QED) is 0.573. The van der Waals surface area contributed by atoms with Crippen molar-refractivity contribution in [3.05, 3.63) is 22.4 Å². The van der Waals surface area contributed by atoms with Crippen LogP contribution in [0.3, 0.4) is 0 Å². The number of rotatable bonds is 8. The fourth-order valence-electron chi connectivity index (χ4n) is 1.45. The molecule has 1 aromatic rings. The lowest BCUT2D eigenvalue weighted by Gasteiger charge is -2.16. The fraction of sp³-hybridized carbons (Fsp3) is 0.615. The van der Waals surface area contributed by atoms with E-state index in [4.69, 9.17) is 4.74 Å². The first-order chi connectivity index (χ1) is 8.27. The summed E-state index contributed by atoms with van der Waals surface area (Å²) in [7, 11) is 0. The largest absolute Gasteiger partial charge is 0.460 e. The Kier molecular flexibility index (Phi) is 6.89. The van der Waals surface area contributed by atoms with Crippen molar-refractivity contribution in [1.29, 1.82) is 0 Å². The number of carbonyl (C=O) groups is 1. The minimum Gasteiger partial charge on any atom is -0.460 e. The summed E-state index contributed by atoms with van der Waals surface area (Å²) in [6.07, 6.45) is 3.31. The number of ether oxygens (including phenoxy) is 1. The number of esters is 1. The number of carbonyl (C=O) groups excluding carboxylic acids is 1. The zero-order valence-corrected chi connectivity index (χ0v) is 11.4. The molecular weight excluding hydrogens is 234 g/mol. The average molecular weight is 255 g/mol. The molecule has 1 atom stereocenters. The predicted octanol–water partition coefficient (Wildman–Crippen LogP) is 3.07. The van der Waals surface area contributed by atoms with Crippen LogP contribution in [0, 0.1) is 0 Å². The van der Waals surface area contributed by atoms with Crippen molar-refractivity contribution in [3.63, 3.8) is 0 Å². The highest BCUT2D eigenvalue weighted by molar-refractivity contribution is 7.11. The van der Waals surface area contributed by atoms with Gasteiger partial charge in [0, 0.05) is 6.04 Å². The molecule has 0 aliphatic carbocycles. The van der Waals surface area contributed by atoms with E-state index in [-0.39, 0.29) is 12.0 Å². The molecule has 17 heavy (non-hydrogen) atoms. The summed E-state index contributed by atoms with van der Waals surface area (Å²) in [5.74, 6) is -0.212. The Balaban J connectivity index is 2.25. The van der Waals surface area contributed by atoms with Crippen molar-refractivity contribution in [2.75, 3.05) is 13.2 Å². The van der Waals surface area contributed by atoms with Crippen LogP contribution in [0.15, 0.2) is 17.5 Å². The van der Waals surface area contributed by atoms with E-state index in [0.717, 1.165) is 19.4 Å². The third kappa shape index (κ3) is 5.33. The van der Waals surface area contributed by atoms with Gasteiger partial charge in [-0.25, -0.2) is 4.79 Å². The second kappa shape index (κ2) is 8.25. The maximum Gasteiger partial charge on any atom is 0.348 e. The van der Waals surface area contributed by atoms with Crippen molar-refractivity contribution in [3.8, 4) is 0 Å². The van der Waals surface area contributed by atoms with Crippen molar-refractivity contribution in [2.24, 2.45) is 0 Å². The minimum absolute atomic E-state index is 0.212. The van der Waals surface area contributed by atoms with Gasteiger partial charge in [-0.15, -0.1) is 11.3 Å². The molecule has 0 fully saturated rings. The molecule has 96 valence electrons. The molecule has 0 aliphatic rings. The third-order valence-electron chi connectivity index (χ3n) is 2.59. The molecule has 0 amide bonds. The Bertz CT molecular complexity index is 311. The van der Waals surface area contributed by atoms with Gasteiger partial charge in [-0.3, -0.25) is 0 Å². The summed E-state index contributed by atoms with van der Waals surface area (Å²) >= 11 is 1.42. The van der Waals surface area contributed by atoms with E-state index in [9.17, 15) is 4.79 Å². The number of hydrogen-bond acceptors (Lipinski definition) is 4. The normalized spacial score (nSPS) is 12.4. The highest BCUT2D eigenvalue weighted by Gasteiger charge is 2.11. The lowest BCUT2D eigenvalue weighted by atomic mass is 10.2. The molecule has 1 unspecified atom stereocenters. The van der Waals surface area contributed by atoms with Crippen molar-refractivity contribution < 1.29 is 9.53 Å². The van der Waals surface area contributed by atoms with Gasteiger partial charge in [0.05, 0.1) is 0 Å². The second-order valence-corrected chi connectivity index (χ2v) is 4.94. The molecule has 3 nitrogen and oxygen atoms in total. The molecule has 0 aromatic carbocycles. The molecule has 0 saturated heterocycles. The standard InChI is InChI=1S/C13H21NO2S/c1-3-5-8-14-11(4-2)10-16-13(15)12-7-6-9-17-12/h6-7,9,11,14H,3-5,8,10H2,1-2H3. The molecule has 0 spiro atoms. The van der Waals surface area contributed by atoms with Crippen LogP contribution in [-0.2, 0) is 4.74 Å². The lowest BCUT2D eigenvalue weighted by molar-refractivity contribution is 0.0468. The number of hydrogen-bond donors (Lipinski definition) is 1. The van der Waals surface area contributed by atoms with E-state index in [1.807, 2.05) is 11.4 Å². The van der Waals surface area contributed by atoms with Crippen LogP contribution >= 0.6 is 11.3 Å². The van der Waals surface area contributed by atoms with Crippen LogP contribution in [0.2, 0.25) is 0 Å². The third-order valence-corrected chi connectivity index (χ3v) is 3.44. The first kappa shape index (κ1) is 14.2. The van der Waals surface area contributed by atoms with Gasteiger partial charge in [-0.2, -0.15) is 0 Å². The summed E-state index contributed by atoms with van der Waals surface area (Å²) in [5.41, 5.74) is 0. The number of nitrogens with one attached hydrogen (secondary N) is 1. The SMILES string of the molecule is CCCCNC(CC)COC(=O)c1cccs1. The van der Waals surface area contributed by atoms with Gasteiger partial charge >= 0.3 is 5.97 Å². The van der Waals surface area contributed by atoms with E-state index in [1.54, 1.807) is 6.07 Å². The van der Waals surface area contributed by atoms with Crippen LogP contribution < -0.4 is 5.32 Å². The molecule has 0 aliphatic heterocycles. The van der Waals surface area contributed by atoms with E-state index < -0.39 is 0 Å². The Labute approximate surface area is 107 Å². The molecular formula is C13H21NO2S.